The second-order valence-electron chi connectivity index (χ2n) is 4.94. The van der Waals surface area contributed by atoms with E-state index in [1.807, 2.05) is 18.5 Å². The summed E-state index contributed by atoms with van der Waals surface area (Å²) in [7, 11) is 0. The van der Waals surface area contributed by atoms with E-state index in [9.17, 15) is 0 Å². The highest BCUT2D eigenvalue weighted by Crippen LogP contribution is 2.11. The SMILES string of the molecule is CC(CNCc1cccnc1)N1CCCCC1. The molecule has 17 heavy (non-hydrogen) atoms. The van der Waals surface area contributed by atoms with E-state index in [4.69, 9.17) is 0 Å². The first-order valence-corrected chi connectivity index (χ1v) is 6.70. The van der Waals surface area contributed by atoms with Crippen molar-refractivity contribution in [3.63, 3.8) is 0 Å². The third-order valence-corrected chi connectivity index (χ3v) is 3.51. The normalized spacial score (nSPS) is 19.1. The Kier molecular flexibility index (Phi) is 4.95. The quantitative estimate of drug-likeness (QED) is 0.843. The van der Waals surface area contributed by atoms with E-state index < -0.39 is 0 Å². The van der Waals surface area contributed by atoms with Gasteiger partial charge >= 0.3 is 0 Å². The summed E-state index contributed by atoms with van der Waals surface area (Å²) >= 11 is 0. The molecule has 0 bridgehead atoms. The Morgan fingerprint density at radius 2 is 2.18 bits per heavy atom. The predicted octanol–water partition coefficient (Wildman–Crippen LogP) is 2.05. The Balaban J connectivity index is 1.67. The van der Waals surface area contributed by atoms with Crippen LogP contribution >= 0.6 is 0 Å². The van der Waals surface area contributed by atoms with Crippen molar-refractivity contribution in [1.29, 1.82) is 0 Å². The molecule has 0 aromatic carbocycles. The van der Waals surface area contributed by atoms with Crippen LogP contribution < -0.4 is 5.32 Å². The van der Waals surface area contributed by atoms with Gasteiger partial charge in [0.25, 0.3) is 0 Å². The molecule has 2 heterocycles. The lowest BCUT2D eigenvalue weighted by Gasteiger charge is -2.32. The van der Waals surface area contributed by atoms with Crippen LogP contribution in [0.1, 0.15) is 31.7 Å². The van der Waals surface area contributed by atoms with E-state index in [0.717, 1.165) is 13.1 Å². The molecule has 1 saturated heterocycles. The summed E-state index contributed by atoms with van der Waals surface area (Å²) in [4.78, 5) is 6.72. The highest BCUT2D eigenvalue weighted by atomic mass is 15.2. The first-order chi connectivity index (χ1) is 8.36. The smallest absolute Gasteiger partial charge is 0.0312 e. The molecule has 1 aromatic heterocycles. The maximum atomic E-state index is 4.12. The second-order valence-corrected chi connectivity index (χ2v) is 4.94. The molecule has 0 spiro atoms. The van der Waals surface area contributed by atoms with Crippen molar-refractivity contribution in [2.75, 3.05) is 19.6 Å². The maximum Gasteiger partial charge on any atom is 0.0312 e. The van der Waals surface area contributed by atoms with E-state index in [1.54, 1.807) is 0 Å². The van der Waals surface area contributed by atoms with Gasteiger partial charge in [-0.1, -0.05) is 12.5 Å². The van der Waals surface area contributed by atoms with Gasteiger partial charge in [0.2, 0.25) is 0 Å². The van der Waals surface area contributed by atoms with E-state index in [1.165, 1.54) is 37.9 Å². The molecule has 1 atom stereocenters. The molecule has 3 nitrogen and oxygen atoms in total. The lowest BCUT2D eigenvalue weighted by atomic mass is 10.1. The first kappa shape index (κ1) is 12.5. The lowest BCUT2D eigenvalue weighted by Crippen LogP contribution is -2.42. The minimum Gasteiger partial charge on any atom is -0.311 e. The summed E-state index contributed by atoms with van der Waals surface area (Å²) in [5, 5.41) is 3.52. The zero-order valence-electron chi connectivity index (χ0n) is 10.7. The number of pyridine rings is 1. The standard InChI is InChI=1S/C14H23N3/c1-13(17-8-3-2-4-9-17)10-16-12-14-6-5-7-15-11-14/h5-7,11,13,16H,2-4,8-10,12H2,1H3. The van der Waals surface area contributed by atoms with Gasteiger partial charge in [0.1, 0.15) is 0 Å². The van der Waals surface area contributed by atoms with Gasteiger partial charge in [-0.15, -0.1) is 0 Å². The van der Waals surface area contributed by atoms with E-state index in [2.05, 4.69) is 28.2 Å². The predicted molar refractivity (Wildman–Crippen MR) is 70.8 cm³/mol. The molecule has 0 aliphatic carbocycles. The fraction of sp³-hybridized carbons (Fsp3) is 0.643. The molecule has 1 aliphatic heterocycles. The molecular formula is C14H23N3. The Morgan fingerprint density at radius 3 is 2.88 bits per heavy atom. The monoisotopic (exact) mass is 233 g/mol. The van der Waals surface area contributed by atoms with Gasteiger partial charge in [-0.2, -0.15) is 0 Å². The molecule has 1 fully saturated rings. The molecule has 0 saturated carbocycles. The Labute approximate surface area is 104 Å². The minimum atomic E-state index is 0.645. The van der Waals surface area contributed by atoms with Crippen molar-refractivity contribution in [2.45, 2.75) is 38.8 Å². The third kappa shape index (κ3) is 4.10. The van der Waals surface area contributed by atoms with Crippen molar-refractivity contribution in [3.05, 3.63) is 30.1 Å². The first-order valence-electron chi connectivity index (χ1n) is 6.70. The van der Waals surface area contributed by atoms with Crippen LogP contribution in [0.3, 0.4) is 0 Å². The Hall–Kier alpha value is -0.930. The van der Waals surface area contributed by atoms with Gasteiger partial charge < -0.3 is 5.32 Å². The molecule has 1 N–H and O–H groups in total. The van der Waals surface area contributed by atoms with Gasteiger partial charge in [0, 0.05) is 31.5 Å². The van der Waals surface area contributed by atoms with Crippen molar-refractivity contribution >= 4 is 0 Å². The fourth-order valence-corrected chi connectivity index (χ4v) is 2.42. The average molecular weight is 233 g/mol. The topological polar surface area (TPSA) is 28.2 Å². The molecule has 94 valence electrons. The van der Waals surface area contributed by atoms with Crippen molar-refractivity contribution in [2.24, 2.45) is 0 Å². The van der Waals surface area contributed by atoms with Gasteiger partial charge in [0.15, 0.2) is 0 Å². The van der Waals surface area contributed by atoms with Crippen LogP contribution in [0.5, 0.6) is 0 Å². The lowest BCUT2D eigenvalue weighted by molar-refractivity contribution is 0.170. The minimum absolute atomic E-state index is 0.645. The van der Waals surface area contributed by atoms with Crippen LogP contribution in [0.2, 0.25) is 0 Å². The van der Waals surface area contributed by atoms with Gasteiger partial charge in [-0.3, -0.25) is 9.88 Å². The Morgan fingerprint density at radius 1 is 1.35 bits per heavy atom. The number of hydrogen-bond acceptors (Lipinski definition) is 3. The largest absolute Gasteiger partial charge is 0.311 e. The summed E-state index contributed by atoms with van der Waals surface area (Å²) in [6.45, 7) is 6.86. The summed E-state index contributed by atoms with van der Waals surface area (Å²) in [5.74, 6) is 0. The van der Waals surface area contributed by atoms with Gasteiger partial charge in [-0.05, 0) is 44.5 Å². The fourth-order valence-electron chi connectivity index (χ4n) is 2.42. The molecule has 1 aromatic rings. The van der Waals surface area contributed by atoms with Crippen molar-refractivity contribution in [3.8, 4) is 0 Å². The number of likely N-dealkylation sites (tertiary alicyclic amines) is 1. The molecule has 2 rings (SSSR count). The molecule has 0 radical (unpaired) electrons. The summed E-state index contributed by atoms with van der Waals surface area (Å²) in [6, 6.07) is 4.75. The Bertz CT molecular complexity index is 307. The van der Waals surface area contributed by atoms with E-state index >= 15 is 0 Å². The summed E-state index contributed by atoms with van der Waals surface area (Å²) in [5.41, 5.74) is 1.26. The number of rotatable bonds is 5. The van der Waals surface area contributed by atoms with Gasteiger partial charge in [0.05, 0.1) is 0 Å². The van der Waals surface area contributed by atoms with E-state index in [0.29, 0.717) is 6.04 Å². The molecule has 1 aliphatic rings. The second kappa shape index (κ2) is 6.72. The molecule has 1 unspecified atom stereocenters. The van der Waals surface area contributed by atoms with Crippen LogP contribution in [0.4, 0.5) is 0 Å². The van der Waals surface area contributed by atoms with Crippen molar-refractivity contribution in [1.82, 2.24) is 15.2 Å². The highest BCUT2D eigenvalue weighted by Gasteiger charge is 2.15. The molecule has 3 heteroatoms. The zero-order chi connectivity index (χ0) is 11.9. The average Bonchev–Trinajstić information content (AvgIpc) is 2.41. The maximum absolute atomic E-state index is 4.12. The summed E-state index contributed by atoms with van der Waals surface area (Å²) < 4.78 is 0. The number of piperidine rings is 1. The molecule has 0 amide bonds. The van der Waals surface area contributed by atoms with Crippen LogP contribution in [0.25, 0.3) is 0 Å². The zero-order valence-corrected chi connectivity index (χ0v) is 10.7. The van der Waals surface area contributed by atoms with Crippen LogP contribution in [0.15, 0.2) is 24.5 Å². The van der Waals surface area contributed by atoms with Crippen molar-refractivity contribution < 1.29 is 0 Å². The number of nitrogens with zero attached hydrogens (tertiary/aromatic N) is 2. The van der Waals surface area contributed by atoms with Crippen LogP contribution in [-0.2, 0) is 6.54 Å². The highest BCUT2D eigenvalue weighted by molar-refractivity contribution is 5.07. The number of aromatic nitrogens is 1. The number of hydrogen-bond donors (Lipinski definition) is 1. The molecular weight excluding hydrogens is 210 g/mol. The van der Waals surface area contributed by atoms with Crippen LogP contribution in [-0.4, -0.2) is 35.6 Å². The number of nitrogens with one attached hydrogen (secondary N) is 1. The van der Waals surface area contributed by atoms with Crippen LogP contribution in [0, 0.1) is 0 Å². The summed E-state index contributed by atoms with van der Waals surface area (Å²) in [6.07, 6.45) is 7.89. The third-order valence-electron chi connectivity index (χ3n) is 3.51. The van der Waals surface area contributed by atoms with Gasteiger partial charge in [-0.25, -0.2) is 0 Å². The van der Waals surface area contributed by atoms with E-state index in [-0.39, 0.29) is 0 Å².